The summed E-state index contributed by atoms with van der Waals surface area (Å²) in [6.07, 6.45) is 0. The van der Waals surface area contributed by atoms with Crippen molar-refractivity contribution in [1.82, 2.24) is 0 Å². The summed E-state index contributed by atoms with van der Waals surface area (Å²) in [5.74, 6) is -1.40. The van der Waals surface area contributed by atoms with Crippen LogP contribution in [0.2, 0.25) is 0 Å². The van der Waals surface area contributed by atoms with E-state index < -0.39 is 32.2 Å². The van der Waals surface area contributed by atoms with Crippen LogP contribution in [-0.4, -0.2) is 13.7 Å². The van der Waals surface area contributed by atoms with Crippen molar-refractivity contribution in [3.63, 3.8) is 0 Å². The molecule has 0 spiro atoms. The SMILES string of the molecule is Cc1ccc(S(=O)(=O)[C@H]2[C@@H](c3cccc(F)c3)C2(C#N)C#N)cc1. The smallest absolute Gasteiger partial charge is 0.184 e. The van der Waals surface area contributed by atoms with Crippen LogP contribution in [0.1, 0.15) is 17.0 Å². The van der Waals surface area contributed by atoms with Gasteiger partial charge in [-0.1, -0.05) is 29.8 Å². The first-order chi connectivity index (χ1) is 11.4. The molecule has 3 rings (SSSR count). The number of sulfone groups is 1. The Hall–Kier alpha value is -2.70. The maximum absolute atomic E-state index is 13.5. The van der Waals surface area contributed by atoms with Gasteiger partial charge in [-0.25, -0.2) is 12.8 Å². The molecular weight excluding hydrogens is 327 g/mol. The molecule has 1 saturated carbocycles. The van der Waals surface area contributed by atoms with E-state index in [-0.39, 0.29) is 4.90 Å². The zero-order chi connectivity index (χ0) is 17.5. The van der Waals surface area contributed by atoms with Crippen LogP contribution in [0.15, 0.2) is 53.4 Å². The number of nitrogens with zero attached hydrogens (tertiary/aromatic N) is 2. The summed E-state index contributed by atoms with van der Waals surface area (Å²) < 4.78 is 39.3. The van der Waals surface area contributed by atoms with Gasteiger partial charge in [0.25, 0.3) is 0 Å². The van der Waals surface area contributed by atoms with Crippen molar-refractivity contribution < 1.29 is 12.8 Å². The van der Waals surface area contributed by atoms with Crippen LogP contribution in [0.3, 0.4) is 0 Å². The average molecular weight is 340 g/mol. The summed E-state index contributed by atoms with van der Waals surface area (Å²) in [6.45, 7) is 1.83. The van der Waals surface area contributed by atoms with E-state index in [1.807, 2.05) is 19.1 Å². The Bertz CT molecular complexity index is 971. The topological polar surface area (TPSA) is 81.7 Å². The van der Waals surface area contributed by atoms with Gasteiger partial charge in [-0.3, -0.25) is 0 Å². The second-order valence-corrected chi connectivity index (χ2v) is 7.97. The Morgan fingerprint density at radius 3 is 2.25 bits per heavy atom. The lowest BCUT2D eigenvalue weighted by molar-refractivity contribution is 0.591. The van der Waals surface area contributed by atoms with E-state index in [9.17, 15) is 23.3 Å². The van der Waals surface area contributed by atoms with Crippen molar-refractivity contribution in [2.24, 2.45) is 5.41 Å². The van der Waals surface area contributed by atoms with Crippen molar-refractivity contribution in [2.45, 2.75) is 23.0 Å². The molecule has 0 heterocycles. The van der Waals surface area contributed by atoms with Crippen molar-refractivity contribution in [1.29, 1.82) is 10.5 Å². The normalized spacial score (nSPS) is 21.5. The van der Waals surface area contributed by atoms with Crippen molar-refractivity contribution in [3.05, 3.63) is 65.5 Å². The lowest BCUT2D eigenvalue weighted by Gasteiger charge is -2.04. The van der Waals surface area contributed by atoms with Gasteiger partial charge in [0.05, 0.1) is 17.0 Å². The molecule has 24 heavy (non-hydrogen) atoms. The Labute approximate surface area is 139 Å². The summed E-state index contributed by atoms with van der Waals surface area (Å²) in [5, 5.41) is 17.7. The molecule has 0 saturated heterocycles. The molecule has 0 aromatic heterocycles. The first-order valence-corrected chi connectivity index (χ1v) is 8.80. The largest absolute Gasteiger partial charge is 0.223 e. The van der Waals surface area contributed by atoms with E-state index in [2.05, 4.69) is 0 Å². The number of hydrogen-bond acceptors (Lipinski definition) is 4. The van der Waals surface area contributed by atoms with Crippen LogP contribution < -0.4 is 0 Å². The minimum absolute atomic E-state index is 0.0619. The van der Waals surface area contributed by atoms with E-state index in [1.54, 1.807) is 18.2 Å². The van der Waals surface area contributed by atoms with Crippen LogP contribution in [-0.2, 0) is 9.84 Å². The summed E-state index contributed by atoms with van der Waals surface area (Å²) in [6, 6.07) is 15.3. The predicted molar refractivity (Wildman–Crippen MR) is 85.0 cm³/mol. The van der Waals surface area contributed by atoms with E-state index in [4.69, 9.17) is 0 Å². The number of hydrogen-bond donors (Lipinski definition) is 0. The van der Waals surface area contributed by atoms with Crippen molar-refractivity contribution >= 4 is 9.84 Å². The molecule has 1 aliphatic rings. The molecule has 0 N–H and O–H groups in total. The number of aryl methyl sites for hydroxylation is 1. The third kappa shape index (κ3) is 2.28. The first kappa shape index (κ1) is 16.2. The Kier molecular flexibility index (Phi) is 3.66. The third-order valence-corrected chi connectivity index (χ3v) is 6.64. The summed E-state index contributed by atoms with van der Waals surface area (Å²) in [4.78, 5) is 0.0619. The third-order valence-electron chi connectivity index (χ3n) is 4.39. The number of halogens is 1. The van der Waals surface area contributed by atoms with E-state index in [1.165, 1.54) is 30.3 Å². The molecule has 120 valence electrons. The van der Waals surface area contributed by atoms with E-state index in [0.717, 1.165) is 5.56 Å². The molecule has 1 aliphatic carbocycles. The maximum atomic E-state index is 13.5. The molecule has 0 aliphatic heterocycles. The fraction of sp³-hybridized carbons (Fsp3) is 0.222. The lowest BCUT2D eigenvalue weighted by Crippen LogP contribution is -2.14. The van der Waals surface area contributed by atoms with Crippen LogP contribution in [0, 0.1) is 40.8 Å². The van der Waals surface area contributed by atoms with Crippen molar-refractivity contribution in [2.75, 3.05) is 0 Å². The highest BCUT2D eigenvalue weighted by Crippen LogP contribution is 2.63. The molecule has 2 atom stereocenters. The van der Waals surface area contributed by atoms with Gasteiger partial charge in [-0.15, -0.1) is 0 Å². The minimum Gasteiger partial charge on any atom is -0.223 e. The average Bonchev–Trinajstić information content (AvgIpc) is 3.26. The van der Waals surface area contributed by atoms with Gasteiger partial charge in [0, 0.05) is 5.92 Å². The Morgan fingerprint density at radius 1 is 1.08 bits per heavy atom. The molecule has 1 fully saturated rings. The monoisotopic (exact) mass is 340 g/mol. The van der Waals surface area contributed by atoms with Gasteiger partial charge in [0.2, 0.25) is 0 Å². The lowest BCUT2D eigenvalue weighted by atomic mass is 10.0. The second kappa shape index (κ2) is 5.43. The highest BCUT2D eigenvalue weighted by atomic mass is 32.2. The molecule has 2 aromatic carbocycles. The number of rotatable bonds is 3. The van der Waals surface area contributed by atoms with Gasteiger partial charge >= 0.3 is 0 Å². The quantitative estimate of drug-likeness (QED) is 0.859. The molecule has 2 aromatic rings. The molecule has 4 nitrogen and oxygen atoms in total. The molecular formula is C18H13FN2O2S. The van der Waals surface area contributed by atoms with Crippen LogP contribution in [0.25, 0.3) is 0 Å². The molecule has 6 heteroatoms. The summed E-state index contributed by atoms with van der Waals surface area (Å²) >= 11 is 0. The molecule has 0 bridgehead atoms. The molecule has 0 radical (unpaired) electrons. The zero-order valence-electron chi connectivity index (χ0n) is 12.8. The van der Waals surface area contributed by atoms with E-state index in [0.29, 0.717) is 5.56 Å². The first-order valence-electron chi connectivity index (χ1n) is 7.25. The van der Waals surface area contributed by atoms with Gasteiger partial charge in [0.15, 0.2) is 15.3 Å². The highest BCUT2D eigenvalue weighted by Gasteiger charge is 2.73. The number of nitriles is 2. The van der Waals surface area contributed by atoms with Gasteiger partial charge in [-0.05, 0) is 36.8 Å². The second-order valence-electron chi connectivity index (χ2n) is 5.90. The number of benzene rings is 2. The zero-order valence-corrected chi connectivity index (χ0v) is 13.6. The van der Waals surface area contributed by atoms with Crippen LogP contribution in [0.5, 0.6) is 0 Å². The van der Waals surface area contributed by atoms with Crippen molar-refractivity contribution in [3.8, 4) is 12.1 Å². The predicted octanol–water partition coefficient (Wildman–Crippen LogP) is 3.11. The Morgan fingerprint density at radius 2 is 1.71 bits per heavy atom. The van der Waals surface area contributed by atoms with Gasteiger partial charge < -0.3 is 0 Å². The minimum atomic E-state index is -3.89. The maximum Gasteiger partial charge on any atom is 0.184 e. The summed E-state index contributed by atoms with van der Waals surface area (Å²) in [7, 11) is -3.89. The molecule has 0 unspecified atom stereocenters. The standard InChI is InChI=1S/C18H13FN2O2S/c1-12-5-7-15(8-6-12)24(22,23)17-16(18(17,10-20)11-21)13-3-2-4-14(19)9-13/h2-9,16-17H,1H3/t16-,17+/m1/s1. The molecule has 0 amide bonds. The van der Waals surface area contributed by atoms with Crippen LogP contribution in [0.4, 0.5) is 4.39 Å². The van der Waals surface area contributed by atoms with Gasteiger partial charge in [-0.2, -0.15) is 10.5 Å². The van der Waals surface area contributed by atoms with Gasteiger partial charge in [0.1, 0.15) is 11.1 Å². The fourth-order valence-electron chi connectivity index (χ4n) is 3.08. The summed E-state index contributed by atoms with van der Waals surface area (Å²) in [5.41, 5.74) is -0.450. The Balaban J connectivity index is 2.11. The van der Waals surface area contributed by atoms with E-state index >= 15 is 0 Å². The fourth-order valence-corrected chi connectivity index (χ4v) is 5.29. The highest BCUT2D eigenvalue weighted by molar-refractivity contribution is 7.92. The van der Waals surface area contributed by atoms with Crippen LogP contribution >= 0.6 is 0 Å².